The SMILES string of the molecule is Cc1cc(S(=O)(=O)NC2(c3ccccc3)CC2)cnc1Cl. The van der Waals surface area contributed by atoms with Crippen molar-refractivity contribution in [3.05, 3.63) is 58.9 Å². The number of halogens is 1. The van der Waals surface area contributed by atoms with Gasteiger partial charge in [-0.05, 0) is 37.0 Å². The minimum atomic E-state index is -3.61. The van der Waals surface area contributed by atoms with E-state index in [4.69, 9.17) is 11.6 Å². The lowest BCUT2D eigenvalue weighted by molar-refractivity contribution is 0.551. The Kier molecular flexibility index (Phi) is 3.51. The molecule has 0 unspecified atom stereocenters. The molecule has 1 aromatic carbocycles. The molecule has 110 valence electrons. The van der Waals surface area contributed by atoms with Crippen molar-refractivity contribution >= 4 is 21.6 Å². The van der Waals surface area contributed by atoms with Gasteiger partial charge in [-0.1, -0.05) is 41.9 Å². The third-order valence-corrected chi connectivity index (χ3v) is 5.60. The predicted octanol–water partition coefficient (Wildman–Crippen LogP) is 3.01. The van der Waals surface area contributed by atoms with Gasteiger partial charge in [-0.15, -0.1) is 0 Å². The molecule has 0 bridgehead atoms. The van der Waals surface area contributed by atoms with Crippen molar-refractivity contribution in [1.82, 2.24) is 9.71 Å². The molecular weight excluding hydrogens is 308 g/mol. The minimum Gasteiger partial charge on any atom is -0.243 e. The summed E-state index contributed by atoms with van der Waals surface area (Å²) in [6, 6.07) is 11.2. The lowest BCUT2D eigenvalue weighted by atomic mass is 10.1. The van der Waals surface area contributed by atoms with Crippen LogP contribution in [-0.2, 0) is 15.6 Å². The molecule has 4 nitrogen and oxygen atoms in total. The maximum Gasteiger partial charge on any atom is 0.242 e. The number of sulfonamides is 1. The van der Waals surface area contributed by atoms with Crippen molar-refractivity contribution < 1.29 is 8.42 Å². The number of aryl methyl sites for hydroxylation is 1. The highest BCUT2D eigenvalue weighted by molar-refractivity contribution is 7.89. The van der Waals surface area contributed by atoms with Crippen LogP contribution in [0, 0.1) is 6.92 Å². The van der Waals surface area contributed by atoms with Gasteiger partial charge in [0, 0.05) is 6.20 Å². The first-order valence-electron chi connectivity index (χ1n) is 6.65. The van der Waals surface area contributed by atoms with Crippen molar-refractivity contribution in [2.24, 2.45) is 0 Å². The Balaban J connectivity index is 1.92. The lowest BCUT2D eigenvalue weighted by Gasteiger charge is -2.18. The largest absolute Gasteiger partial charge is 0.243 e. The molecular formula is C15H15ClN2O2S. The summed E-state index contributed by atoms with van der Waals surface area (Å²) in [5.41, 5.74) is 1.16. The first kappa shape index (κ1) is 14.5. The fraction of sp³-hybridized carbons (Fsp3) is 0.267. The van der Waals surface area contributed by atoms with Crippen molar-refractivity contribution in [1.29, 1.82) is 0 Å². The second kappa shape index (κ2) is 5.09. The Morgan fingerprint density at radius 2 is 1.90 bits per heavy atom. The Bertz CT molecular complexity index is 772. The van der Waals surface area contributed by atoms with Gasteiger partial charge in [0.25, 0.3) is 0 Å². The van der Waals surface area contributed by atoms with Gasteiger partial charge in [0.15, 0.2) is 0 Å². The molecule has 21 heavy (non-hydrogen) atoms. The number of rotatable bonds is 4. The number of aromatic nitrogens is 1. The van der Waals surface area contributed by atoms with Crippen LogP contribution in [0.2, 0.25) is 5.15 Å². The summed E-state index contributed by atoms with van der Waals surface area (Å²) in [5.74, 6) is 0. The zero-order chi connectivity index (χ0) is 15.1. The van der Waals surface area contributed by atoms with Crippen LogP contribution < -0.4 is 4.72 Å². The molecule has 3 rings (SSSR count). The van der Waals surface area contributed by atoms with Gasteiger partial charge in [0.1, 0.15) is 10.0 Å². The summed E-state index contributed by atoms with van der Waals surface area (Å²) in [6.45, 7) is 1.73. The third-order valence-electron chi connectivity index (χ3n) is 3.71. The normalized spacial score (nSPS) is 16.7. The molecule has 1 saturated carbocycles. The van der Waals surface area contributed by atoms with Crippen LogP contribution >= 0.6 is 11.6 Å². The van der Waals surface area contributed by atoms with Crippen molar-refractivity contribution in [3.63, 3.8) is 0 Å². The molecule has 1 aliphatic rings. The molecule has 0 amide bonds. The summed E-state index contributed by atoms with van der Waals surface area (Å²) < 4.78 is 27.9. The Morgan fingerprint density at radius 1 is 1.24 bits per heavy atom. The van der Waals surface area contributed by atoms with Gasteiger partial charge < -0.3 is 0 Å². The maximum absolute atomic E-state index is 12.5. The average Bonchev–Trinajstić information content (AvgIpc) is 3.23. The topological polar surface area (TPSA) is 59.1 Å². The number of pyridine rings is 1. The van der Waals surface area contributed by atoms with Gasteiger partial charge in [0.2, 0.25) is 10.0 Å². The lowest BCUT2D eigenvalue weighted by Crippen LogP contribution is -2.34. The summed E-state index contributed by atoms with van der Waals surface area (Å²) in [6.07, 6.45) is 2.89. The number of nitrogens with zero attached hydrogens (tertiary/aromatic N) is 1. The molecule has 1 aromatic heterocycles. The Hall–Kier alpha value is -1.43. The molecule has 1 heterocycles. The number of benzene rings is 1. The van der Waals surface area contributed by atoms with Gasteiger partial charge in [-0.3, -0.25) is 0 Å². The molecule has 0 atom stereocenters. The van der Waals surface area contributed by atoms with Gasteiger partial charge >= 0.3 is 0 Å². The molecule has 6 heteroatoms. The number of hydrogen-bond acceptors (Lipinski definition) is 3. The molecule has 1 fully saturated rings. The van der Waals surface area contributed by atoms with E-state index in [1.165, 1.54) is 6.20 Å². The highest BCUT2D eigenvalue weighted by atomic mass is 35.5. The third kappa shape index (κ3) is 2.81. The highest BCUT2D eigenvalue weighted by Crippen LogP contribution is 2.46. The van der Waals surface area contributed by atoms with Crippen LogP contribution in [0.5, 0.6) is 0 Å². The van der Waals surface area contributed by atoms with E-state index in [1.54, 1.807) is 13.0 Å². The Labute approximate surface area is 129 Å². The fourth-order valence-corrected chi connectivity index (χ4v) is 3.91. The van der Waals surface area contributed by atoms with Crippen LogP contribution in [0.15, 0.2) is 47.5 Å². The van der Waals surface area contributed by atoms with E-state index in [-0.39, 0.29) is 4.90 Å². The zero-order valence-corrected chi connectivity index (χ0v) is 13.1. The number of nitrogens with one attached hydrogen (secondary N) is 1. The summed E-state index contributed by atoms with van der Waals surface area (Å²) in [7, 11) is -3.61. The van der Waals surface area contributed by atoms with Gasteiger partial charge in [-0.25, -0.2) is 18.1 Å². The first-order valence-corrected chi connectivity index (χ1v) is 8.51. The molecule has 1 N–H and O–H groups in total. The smallest absolute Gasteiger partial charge is 0.242 e. The quantitative estimate of drug-likeness (QED) is 0.880. The fourth-order valence-electron chi connectivity index (χ4n) is 2.33. The minimum absolute atomic E-state index is 0.145. The van der Waals surface area contributed by atoms with Crippen molar-refractivity contribution in [2.75, 3.05) is 0 Å². The average molecular weight is 323 g/mol. The second-order valence-electron chi connectivity index (χ2n) is 5.33. The highest BCUT2D eigenvalue weighted by Gasteiger charge is 2.47. The first-order chi connectivity index (χ1) is 9.93. The van der Waals surface area contributed by atoms with Gasteiger partial charge in [0.05, 0.1) is 5.54 Å². The van der Waals surface area contributed by atoms with E-state index in [0.29, 0.717) is 10.7 Å². The van der Waals surface area contributed by atoms with E-state index < -0.39 is 15.6 Å². The Morgan fingerprint density at radius 3 is 2.48 bits per heavy atom. The predicted molar refractivity (Wildman–Crippen MR) is 81.7 cm³/mol. The molecule has 0 spiro atoms. The second-order valence-corrected chi connectivity index (χ2v) is 7.37. The molecule has 0 saturated heterocycles. The summed E-state index contributed by atoms with van der Waals surface area (Å²) in [5, 5.41) is 0.318. The number of hydrogen-bond donors (Lipinski definition) is 1. The van der Waals surface area contributed by atoms with E-state index in [1.807, 2.05) is 30.3 Å². The maximum atomic E-state index is 12.5. The van der Waals surface area contributed by atoms with E-state index in [0.717, 1.165) is 18.4 Å². The monoisotopic (exact) mass is 322 g/mol. The van der Waals surface area contributed by atoms with E-state index in [9.17, 15) is 8.42 Å². The molecule has 0 radical (unpaired) electrons. The molecule has 2 aromatic rings. The van der Waals surface area contributed by atoms with Gasteiger partial charge in [-0.2, -0.15) is 0 Å². The van der Waals surface area contributed by atoms with E-state index in [2.05, 4.69) is 9.71 Å². The zero-order valence-electron chi connectivity index (χ0n) is 11.5. The standard InChI is InChI=1S/C15H15ClN2O2S/c1-11-9-13(10-17-14(11)16)21(19,20)18-15(7-8-15)12-5-3-2-4-6-12/h2-6,9-10,18H,7-8H2,1H3. The van der Waals surface area contributed by atoms with E-state index >= 15 is 0 Å². The summed E-state index contributed by atoms with van der Waals surface area (Å²) >= 11 is 5.85. The van der Waals surface area contributed by atoms with Crippen LogP contribution in [0.1, 0.15) is 24.0 Å². The van der Waals surface area contributed by atoms with Crippen molar-refractivity contribution in [3.8, 4) is 0 Å². The van der Waals surface area contributed by atoms with Crippen LogP contribution in [-0.4, -0.2) is 13.4 Å². The molecule has 0 aliphatic heterocycles. The molecule has 1 aliphatic carbocycles. The van der Waals surface area contributed by atoms with Crippen LogP contribution in [0.4, 0.5) is 0 Å². The summed E-state index contributed by atoms with van der Waals surface area (Å²) in [4.78, 5) is 4.06. The van der Waals surface area contributed by atoms with Crippen LogP contribution in [0.3, 0.4) is 0 Å². The van der Waals surface area contributed by atoms with Crippen molar-refractivity contribution in [2.45, 2.75) is 30.2 Å². The van der Waals surface area contributed by atoms with Crippen LogP contribution in [0.25, 0.3) is 0 Å².